The molecule has 0 saturated carbocycles. The zero-order valence-electron chi connectivity index (χ0n) is 9.16. The van der Waals surface area contributed by atoms with Crippen molar-refractivity contribution >= 4 is 12.0 Å². The van der Waals surface area contributed by atoms with Crippen LogP contribution in [0, 0.1) is 5.92 Å². The molecule has 1 fully saturated rings. The van der Waals surface area contributed by atoms with Gasteiger partial charge in [0.1, 0.15) is 5.60 Å². The van der Waals surface area contributed by atoms with Gasteiger partial charge < -0.3 is 4.74 Å². The van der Waals surface area contributed by atoms with Gasteiger partial charge in [0.05, 0.1) is 0 Å². The summed E-state index contributed by atoms with van der Waals surface area (Å²) in [6.45, 7) is 7.67. The first-order valence-electron chi connectivity index (χ1n) is 4.85. The van der Waals surface area contributed by atoms with Gasteiger partial charge in [0.2, 0.25) is 5.91 Å². The molecule has 1 heterocycles. The van der Waals surface area contributed by atoms with Gasteiger partial charge in [0.15, 0.2) is 0 Å². The maximum absolute atomic E-state index is 11.5. The summed E-state index contributed by atoms with van der Waals surface area (Å²) in [5, 5.41) is 0. The minimum Gasteiger partial charge on any atom is -0.443 e. The molecule has 4 nitrogen and oxygen atoms in total. The van der Waals surface area contributed by atoms with E-state index in [1.807, 2.05) is 6.92 Å². The summed E-state index contributed by atoms with van der Waals surface area (Å²) in [6, 6.07) is 0. The Balaban J connectivity index is 2.59. The summed E-state index contributed by atoms with van der Waals surface area (Å²) in [5.41, 5.74) is -0.539. The first-order chi connectivity index (χ1) is 6.31. The zero-order chi connectivity index (χ0) is 10.9. The average Bonchev–Trinajstić information content (AvgIpc) is 2.29. The molecule has 1 unspecified atom stereocenters. The number of likely N-dealkylation sites (tertiary alicyclic amines) is 1. The molecule has 0 aromatic carbocycles. The minimum absolute atomic E-state index is 0.0532. The van der Waals surface area contributed by atoms with Crippen molar-refractivity contribution in [3.63, 3.8) is 0 Å². The number of amides is 2. The lowest BCUT2D eigenvalue weighted by molar-refractivity contribution is -0.129. The highest BCUT2D eigenvalue weighted by Crippen LogP contribution is 2.19. The number of hydrogen-bond acceptors (Lipinski definition) is 3. The highest BCUT2D eigenvalue weighted by Gasteiger charge is 2.35. The standard InChI is InChI=1S/C10H17NO3/c1-7-5-6-11(8(7)12)9(13)14-10(2,3)4/h7H,5-6H2,1-4H3. The quantitative estimate of drug-likeness (QED) is 0.597. The van der Waals surface area contributed by atoms with Crippen molar-refractivity contribution in [2.45, 2.75) is 39.7 Å². The summed E-state index contributed by atoms with van der Waals surface area (Å²) in [5.74, 6) is -0.179. The van der Waals surface area contributed by atoms with E-state index in [9.17, 15) is 9.59 Å². The second kappa shape index (κ2) is 3.59. The molecule has 0 aromatic heterocycles. The van der Waals surface area contributed by atoms with E-state index in [1.54, 1.807) is 20.8 Å². The molecule has 1 aliphatic rings. The van der Waals surface area contributed by atoms with Gasteiger partial charge in [-0.3, -0.25) is 4.79 Å². The number of nitrogens with zero attached hydrogens (tertiary/aromatic N) is 1. The SMILES string of the molecule is CC1CCN(C(=O)OC(C)(C)C)C1=O. The highest BCUT2D eigenvalue weighted by molar-refractivity contribution is 5.94. The summed E-state index contributed by atoms with van der Waals surface area (Å²) < 4.78 is 5.11. The molecule has 1 rings (SSSR count). The molecule has 0 bridgehead atoms. The Bertz CT molecular complexity index is 255. The molecular formula is C10H17NO3. The van der Waals surface area contributed by atoms with Crippen LogP contribution < -0.4 is 0 Å². The van der Waals surface area contributed by atoms with Gasteiger partial charge in [-0.2, -0.15) is 0 Å². The van der Waals surface area contributed by atoms with E-state index in [1.165, 1.54) is 4.90 Å². The van der Waals surface area contributed by atoms with Crippen LogP contribution in [-0.2, 0) is 9.53 Å². The second-order valence-electron chi connectivity index (χ2n) is 4.66. The average molecular weight is 199 g/mol. The molecule has 1 saturated heterocycles. The Labute approximate surface area is 84.2 Å². The predicted octanol–water partition coefficient (Wildman–Crippen LogP) is 1.79. The molecule has 1 atom stereocenters. The Morgan fingerprint density at radius 1 is 1.50 bits per heavy atom. The molecule has 0 radical (unpaired) electrons. The fraction of sp³-hybridized carbons (Fsp3) is 0.800. The van der Waals surface area contributed by atoms with Crippen molar-refractivity contribution in [2.24, 2.45) is 5.92 Å². The largest absolute Gasteiger partial charge is 0.443 e. The van der Waals surface area contributed by atoms with Crippen LogP contribution >= 0.6 is 0 Å². The van der Waals surface area contributed by atoms with Crippen LogP contribution in [0.5, 0.6) is 0 Å². The van der Waals surface area contributed by atoms with Crippen LogP contribution in [-0.4, -0.2) is 29.0 Å². The van der Waals surface area contributed by atoms with E-state index >= 15 is 0 Å². The Morgan fingerprint density at radius 2 is 2.07 bits per heavy atom. The third-order valence-electron chi connectivity index (χ3n) is 2.09. The molecular weight excluding hydrogens is 182 g/mol. The van der Waals surface area contributed by atoms with Gasteiger partial charge in [-0.25, -0.2) is 9.69 Å². The molecule has 80 valence electrons. The van der Waals surface area contributed by atoms with E-state index in [4.69, 9.17) is 4.74 Å². The first-order valence-corrected chi connectivity index (χ1v) is 4.85. The number of carbonyl (C=O) groups is 2. The highest BCUT2D eigenvalue weighted by atomic mass is 16.6. The van der Waals surface area contributed by atoms with Crippen LogP contribution in [0.3, 0.4) is 0 Å². The molecule has 0 aliphatic carbocycles. The predicted molar refractivity (Wildman–Crippen MR) is 51.7 cm³/mol. The van der Waals surface area contributed by atoms with Crippen molar-refractivity contribution in [3.05, 3.63) is 0 Å². The van der Waals surface area contributed by atoms with Crippen molar-refractivity contribution in [1.82, 2.24) is 4.90 Å². The topological polar surface area (TPSA) is 46.6 Å². The minimum atomic E-state index is -0.539. The monoisotopic (exact) mass is 199 g/mol. The lowest BCUT2D eigenvalue weighted by atomic mass is 10.1. The molecule has 4 heteroatoms. The van der Waals surface area contributed by atoms with Crippen molar-refractivity contribution in [2.75, 3.05) is 6.54 Å². The van der Waals surface area contributed by atoms with Gasteiger partial charge in [0.25, 0.3) is 0 Å². The molecule has 1 aliphatic heterocycles. The summed E-state index contributed by atoms with van der Waals surface area (Å²) >= 11 is 0. The number of hydrogen-bond donors (Lipinski definition) is 0. The maximum atomic E-state index is 11.5. The molecule has 2 amide bonds. The molecule has 0 aromatic rings. The first kappa shape index (κ1) is 11.0. The van der Waals surface area contributed by atoms with Gasteiger partial charge in [-0.05, 0) is 27.2 Å². The maximum Gasteiger partial charge on any atom is 0.417 e. The molecule has 14 heavy (non-hydrogen) atoms. The summed E-state index contributed by atoms with van der Waals surface area (Å²) in [4.78, 5) is 24.1. The fourth-order valence-corrected chi connectivity index (χ4v) is 1.32. The van der Waals surface area contributed by atoms with E-state index in [0.717, 1.165) is 6.42 Å². The Kier molecular flexibility index (Phi) is 2.83. The number of imide groups is 1. The lowest BCUT2D eigenvalue weighted by Crippen LogP contribution is -2.38. The smallest absolute Gasteiger partial charge is 0.417 e. The van der Waals surface area contributed by atoms with E-state index in [2.05, 4.69) is 0 Å². The zero-order valence-corrected chi connectivity index (χ0v) is 9.16. The third kappa shape index (κ3) is 2.47. The van der Waals surface area contributed by atoms with Crippen LogP contribution in [0.25, 0.3) is 0 Å². The van der Waals surface area contributed by atoms with E-state index in [0.29, 0.717) is 6.54 Å². The van der Waals surface area contributed by atoms with E-state index < -0.39 is 11.7 Å². The number of carbonyl (C=O) groups excluding carboxylic acids is 2. The lowest BCUT2D eigenvalue weighted by Gasteiger charge is -2.23. The van der Waals surface area contributed by atoms with Crippen molar-refractivity contribution in [3.8, 4) is 0 Å². The Morgan fingerprint density at radius 3 is 2.43 bits per heavy atom. The summed E-state index contributed by atoms with van der Waals surface area (Å²) in [7, 11) is 0. The Hall–Kier alpha value is -1.06. The van der Waals surface area contributed by atoms with Crippen molar-refractivity contribution < 1.29 is 14.3 Å². The second-order valence-corrected chi connectivity index (χ2v) is 4.66. The van der Waals surface area contributed by atoms with Crippen LogP contribution in [0.2, 0.25) is 0 Å². The summed E-state index contributed by atoms with van der Waals surface area (Å²) in [6.07, 6.45) is 0.213. The molecule has 0 N–H and O–H groups in total. The number of rotatable bonds is 0. The van der Waals surface area contributed by atoms with Gasteiger partial charge >= 0.3 is 6.09 Å². The third-order valence-corrected chi connectivity index (χ3v) is 2.09. The molecule has 0 spiro atoms. The normalized spacial score (nSPS) is 22.7. The van der Waals surface area contributed by atoms with Crippen LogP contribution in [0.1, 0.15) is 34.1 Å². The van der Waals surface area contributed by atoms with Gasteiger partial charge in [-0.1, -0.05) is 6.92 Å². The van der Waals surface area contributed by atoms with Crippen LogP contribution in [0.4, 0.5) is 4.79 Å². The van der Waals surface area contributed by atoms with E-state index in [-0.39, 0.29) is 11.8 Å². The van der Waals surface area contributed by atoms with Crippen LogP contribution in [0.15, 0.2) is 0 Å². The van der Waals surface area contributed by atoms with Crippen molar-refractivity contribution in [1.29, 1.82) is 0 Å². The van der Waals surface area contributed by atoms with Gasteiger partial charge in [-0.15, -0.1) is 0 Å². The fourth-order valence-electron chi connectivity index (χ4n) is 1.32. The number of ether oxygens (including phenoxy) is 1. The van der Waals surface area contributed by atoms with Gasteiger partial charge in [0, 0.05) is 12.5 Å².